The summed E-state index contributed by atoms with van der Waals surface area (Å²) in [4.78, 5) is 0. The first-order valence-corrected chi connectivity index (χ1v) is 12.0. The predicted octanol–water partition coefficient (Wildman–Crippen LogP) is 9.34. The van der Waals surface area contributed by atoms with Gasteiger partial charge in [0.15, 0.2) is 5.58 Å². The van der Waals surface area contributed by atoms with E-state index in [1.54, 1.807) is 0 Å². The Morgan fingerprint density at radius 2 is 1.18 bits per heavy atom. The highest BCUT2D eigenvalue weighted by atomic mass is 79.9. The molecule has 0 saturated heterocycles. The van der Waals surface area contributed by atoms with E-state index in [9.17, 15) is 0 Å². The molecule has 3 aromatic heterocycles. The zero-order chi connectivity index (χ0) is 22.4. The predicted molar refractivity (Wildman–Crippen MR) is 143 cm³/mol. The number of fused-ring (bicyclic) bond motifs is 10. The fourth-order valence-corrected chi connectivity index (χ4v) is 5.88. The molecule has 0 spiro atoms. The number of hydrogen-bond donors (Lipinski definition) is 0. The van der Waals surface area contributed by atoms with Crippen LogP contribution in [-0.4, -0.2) is 4.57 Å². The van der Waals surface area contributed by atoms with Crippen LogP contribution in [-0.2, 0) is 0 Å². The third kappa shape index (κ3) is 2.31. The lowest BCUT2D eigenvalue weighted by molar-refractivity contribution is 0.666. The minimum atomic E-state index is 0.872. The summed E-state index contributed by atoms with van der Waals surface area (Å²) >= 11 is 3.76. The second kappa shape index (κ2) is 6.52. The van der Waals surface area contributed by atoms with Crippen molar-refractivity contribution in [2.75, 3.05) is 0 Å². The molecule has 5 aromatic carbocycles. The number of halogens is 1. The third-order valence-electron chi connectivity index (χ3n) is 6.84. The molecule has 0 unspecified atom stereocenters. The highest BCUT2D eigenvalue weighted by molar-refractivity contribution is 9.10. The fourth-order valence-electron chi connectivity index (χ4n) is 5.44. The lowest BCUT2D eigenvalue weighted by atomic mass is 10.1. The van der Waals surface area contributed by atoms with Crippen molar-refractivity contribution in [1.29, 1.82) is 0 Å². The summed E-state index contributed by atoms with van der Waals surface area (Å²) in [6.45, 7) is 0. The van der Waals surface area contributed by atoms with E-state index in [4.69, 9.17) is 8.83 Å². The van der Waals surface area contributed by atoms with Crippen LogP contribution < -0.4 is 0 Å². The number of aromatic nitrogens is 1. The van der Waals surface area contributed by atoms with Crippen LogP contribution in [0.2, 0.25) is 0 Å². The smallest absolute Gasteiger partial charge is 0.159 e. The van der Waals surface area contributed by atoms with Gasteiger partial charge in [0.2, 0.25) is 0 Å². The number of para-hydroxylation sites is 3. The fraction of sp³-hybridized carbons (Fsp3) is 0. The van der Waals surface area contributed by atoms with Crippen molar-refractivity contribution in [3.05, 3.63) is 102 Å². The third-order valence-corrected chi connectivity index (χ3v) is 7.30. The van der Waals surface area contributed by atoms with Crippen LogP contribution in [0.1, 0.15) is 0 Å². The first kappa shape index (κ1) is 18.4. The highest BCUT2D eigenvalue weighted by Gasteiger charge is 2.21. The zero-order valence-corrected chi connectivity index (χ0v) is 19.5. The van der Waals surface area contributed by atoms with Crippen LogP contribution in [0.4, 0.5) is 0 Å². The molecule has 0 amide bonds. The van der Waals surface area contributed by atoms with Crippen molar-refractivity contribution in [3.8, 4) is 5.69 Å². The molecular weight excluding hydrogens is 486 g/mol. The molecule has 0 aliphatic carbocycles. The first-order chi connectivity index (χ1) is 16.8. The maximum atomic E-state index is 6.44. The maximum Gasteiger partial charge on any atom is 0.159 e. The summed E-state index contributed by atoms with van der Waals surface area (Å²) in [7, 11) is 0. The monoisotopic (exact) mass is 501 g/mol. The Morgan fingerprint density at radius 3 is 1.97 bits per heavy atom. The van der Waals surface area contributed by atoms with Crippen molar-refractivity contribution < 1.29 is 8.83 Å². The largest absolute Gasteiger partial charge is 0.455 e. The molecule has 34 heavy (non-hydrogen) atoms. The van der Waals surface area contributed by atoms with Crippen LogP contribution in [0, 0.1) is 0 Å². The van der Waals surface area contributed by atoms with E-state index in [0.29, 0.717) is 0 Å². The summed E-state index contributed by atoms with van der Waals surface area (Å²) < 4.78 is 16.2. The van der Waals surface area contributed by atoms with Crippen molar-refractivity contribution >= 4 is 81.6 Å². The van der Waals surface area contributed by atoms with Crippen molar-refractivity contribution in [3.63, 3.8) is 0 Å². The van der Waals surface area contributed by atoms with Gasteiger partial charge in [0.1, 0.15) is 16.7 Å². The maximum absolute atomic E-state index is 6.44. The molecule has 0 aliphatic heterocycles. The van der Waals surface area contributed by atoms with E-state index in [1.165, 1.54) is 0 Å². The van der Waals surface area contributed by atoms with Gasteiger partial charge in [0, 0.05) is 31.4 Å². The zero-order valence-electron chi connectivity index (χ0n) is 17.9. The summed E-state index contributed by atoms with van der Waals surface area (Å²) in [6, 6.07) is 33.6. The number of rotatable bonds is 1. The van der Waals surface area contributed by atoms with Gasteiger partial charge in [-0.15, -0.1) is 0 Å². The van der Waals surface area contributed by atoms with E-state index in [2.05, 4.69) is 93.3 Å². The molecule has 160 valence electrons. The van der Waals surface area contributed by atoms with Crippen LogP contribution in [0.3, 0.4) is 0 Å². The second-order valence-corrected chi connectivity index (χ2v) is 9.60. The lowest BCUT2D eigenvalue weighted by Crippen LogP contribution is -1.94. The Labute approximate surface area is 201 Å². The van der Waals surface area contributed by atoms with E-state index < -0.39 is 0 Å². The second-order valence-electron chi connectivity index (χ2n) is 8.69. The van der Waals surface area contributed by atoms with Crippen molar-refractivity contribution in [1.82, 2.24) is 4.57 Å². The number of hydrogen-bond acceptors (Lipinski definition) is 2. The van der Waals surface area contributed by atoms with Gasteiger partial charge in [-0.25, -0.2) is 0 Å². The number of nitrogens with zero attached hydrogens (tertiary/aromatic N) is 1. The molecule has 0 bridgehead atoms. The van der Waals surface area contributed by atoms with E-state index in [-0.39, 0.29) is 0 Å². The van der Waals surface area contributed by atoms with Gasteiger partial charge in [0.05, 0.1) is 22.1 Å². The van der Waals surface area contributed by atoms with Gasteiger partial charge in [-0.2, -0.15) is 0 Å². The van der Waals surface area contributed by atoms with Gasteiger partial charge in [-0.3, -0.25) is 0 Å². The Kier molecular flexibility index (Phi) is 3.53. The highest BCUT2D eigenvalue weighted by Crippen LogP contribution is 2.43. The summed E-state index contributed by atoms with van der Waals surface area (Å²) in [6.07, 6.45) is 0. The molecule has 0 N–H and O–H groups in total. The van der Waals surface area contributed by atoms with Gasteiger partial charge in [-0.05, 0) is 42.5 Å². The minimum Gasteiger partial charge on any atom is -0.455 e. The molecule has 0 atom stereocenters. The Hall–Kier alpha value is -4.02. The van der Waals surface area contributed by atoms with Crippen molar-refractivity contribution in [2.24, 2.45) is 0 Å². The molecule has 8 aromatic rings. The molecule has 3 nitrogen and oxygen atoms in total. The van der Waals surface area contributed by atoms with Crippen LogP contribution >= 0.6 is 15.9 Å². The standard InChI is InChI=1S/C30H16BrNO2/c31-17-15-22-19-8-3-6-12-27(19)33-29(22)25(16-17)32-23-10-4-1-9-21(23)28-24(32)14-13-20-18-7-2-5-11-26(18)34-30(20)28/h1-16H. The molecule has 0 saturated carbocycles. The number of benzene rings is 5. The van der Waals surface area contributed by atoms with Crippen LogP contribution in [0.25, 0.3) is 71.4 Å². The topological polar surface area (TPSA) is 31.2 Å². The number of furan rings is 2. The Balaban J connectivity index is 1.60. The van der Waals surface area contributed by atoms with Crippen LogP contribution in [0.5, 0.6) is 0 Å². The average molecular weight is 502 g/mol. The molecule has 0 fully saturated rings. The van der Waals surface area contributed by atoms with Gasteiger partial charge >= 0.3 is 0 Å². The van der Waals surface area contributed by atoms with Gasteiger partial charge < -0.3 is 13.4 Å². The van der Waals surface area contributed by atoms with Gasteiger partial charge in [0.25, 0.3) is 0 Å². The molecule has 0 aliphatic rings. The van der Waals surface area contributed by atoms with E-state index in [1.807, 2.05) is 24.3 Å². The summed E-state index contributed by atoms with van der Waals surface area (Å²) in [5.74, 6) is 0. The lowest BCUT2D eigenvalue weighted by Gasteiger charge is -2.09. The summed E-state index contributed by atoms with van der Waals surface area (Å²) in [5.41, 5.74) is 6.79. The quantitative estimate of drug-likeness (QED) is 0.224. The minimum absolute atomic E-state index is 0.872. The van der Waals surface area contributed by atoms with Crippen LogP contribution in [0.15, 0.2) is 110 Å². The van der Waals surface area contributed by atoms with Gasteiger partial charge in [-0.1, -0.05) is 70.5 Å². The summed E-state index contributed by atoms with van der Waals surface area (Å²) in [5, 5.41) is 6.75. The molecular formula is C30H16BrNO2. The average Bonchev–Trinajstić information content (AvgIpc) is 3.53. The SMILES string of the molecule is Brc1cc(-n2c3ccccc3c3c4oc5ccccc5c4ccc32)c2oc3ccccc3c2c1. The van der Waals surface area contributed by atoms with Crippen molar-refractivity contribution in [2.45, 2.75) is 0 Å². The van der Waals surface area contributed by atoms with E-state index >= 15 is 0 Å². The first-order valence-electron chi connectivity index (χ1n) is 11.2. The van der Waals surface area contributed by atoms with E-state index in [0.717, 1.165) is 75.8 Å². The normalized spacial score (nSPS) is 12.3. The molecule has 4 heteroatoms. The molecule has 0 radical (unpaired) electrons. The Bertz CT molecular complexity index is 2090. The Morgan fingerprint density at radius 1 is 0.529 bits per heavy atom. The molecule has 8 rings (SSSR count). The molecule has 3 heterocycles.